The van der Waals surface area contributed by atoms with E-state index in [2.05, 4.69) is 20.5 Å². The molecule has 0 atom stereocenters. The van der Waals surface area contributed by atoms with Gasteiger partial charge in [0.15, 0.2) is 0 Å². The Hall–Kier alpha value is -1.79. The van der Waals surface area contributed by atoms with E-state index in [0.29, 0.717) is 6.61 Å². The first-order valence-corrected chi connectivity index (χ1v) is 4.96. The van der Waals surface area contributed by atoms with Crippen molar-refractivity contribution < 1.29 is 14.3 Å². The monoisotopic (exact) mass is 228 g/mol. The smallest absolute Gasteiger partial charge is 0.414 e. The second-order valence-corrected chi connectivity index (χ2v) is 4.03. The van der Waals surface area contributed by atoms with Crippen LogP contribution in [0.4, 0.5) is 10.7 Å². The summed E-state index contributed by atoms with van der Waals surface area (Å²) in [5.74, 6) is 0.192. The summed E-state index contributed by atoms with van der Waals surface area (Å²) in [4.78, 5) is 15.2. The standard InChI is InChI=1S/C9H16N4O3/c1-5-15-7-10-6(12-13-7)11-8(14)16-9(2,3)4/h5H2,1-4H3,(H2,10,11,12,13,14). The van der Waals surface area contributed by atoms with E-state index in [1.807, 2.05) is 6.92 Å². The lowest BCUT2D eigenvalue weighted by Gasteiger charge is -2.18. The molecule has 1 aromatic heterocycles. The van der Waals surface area contributed by atoms with Crippen LogP contribution in [0.25, 0.3) is 0 Å². The number of aromatic nitrogens is 3. The summed E-state index contributed by atoms with van der Waals surface area (Å²) in [7, 11) is 0. The predicted molar refractivity (Wildman–Crippen MR) is 57.4 cm³/mol. The number of carbonyl (C=O) groups is 1. The van der Waals surface area contributed by atoms with Gasteiger partial charge in [-0.3, -0.25) is 5.32 Å². The lowest BCUT2D eigenvalue weighted by Crippen LogP contribution is -2.27. The second-order valence-electron chi connectivity index (χ2n) is 4.03. The van der Waals surface area contributed by atoms with E-state index in [1.165, 1.54) is 0 Å². The number of hydrogen-bond donors (Lipinski definition) is 2. The van der Waals surface area contributed by atoms with Crippen molar-refractivity contribution in [1.29, 1.82) is 0 Å². The van der Waals surface area contributed by atoms with Crippen LogP contribution < -0.4 is 10.1 Å². The highest BCUT2D eigenvalue weighted by molar-refractivity contribution is 5.82. The Morgan fingerprint density at radius 2 is 2.19 bits per heavy atom. The van der Waals surface area contributed by atoms with Crippen LogP contribution in [0, 0.1) is 0 Å². The van der Waals surface area contributed by atoms with Gasteiger partial charge in [-0.1, -0.05) is 0 Å². The molecule has 7 heteroatoms. The van der Waals surface area contributed by atoms with Crippen LogP contribution in [-0.2, 0) is 4.74 Å². The predicted octanol–water partition coefficient (Wildman–Crippen LogP) is 1.55. The number of nitrogens with one attached hydrogen (secondary N) is 2. The van der Waals surface area contributed by atoms with Crippen LogP contribution in [0.2, 0.25) is 0 Å². The number of anilines is 1. The summed E-state index contributed by atoms with van der Waals surface area (Å²) in [6.07, 6.45) is -0.591. The van der Waals surface area contributed by atoms with Gasteiger partial charge in [-0.05, 0) is 27.7 Å². The Labute approximate surface area is 93.5 Å². The molecule has 0 radical (unpaired) electrons. The van der Waals surface area contributed by atoms with Crippen LogP contribution in [-0.4, -0.2) is 33.5 Å². The van der Waals surface area contributed by atoms with Gasteiger partial charge in [-0.2, -0.15) is 4.98 Å². The molecule has 0 aliphatic carbocycles. The van der Waals surface area contributed by atoms with Gasteiger partial charge in [0.2, 0.25) is 5.95 Å². The van der Waals surface area contributed by atoms with Crippen molar-refractivity contribution in [2.24, 2.45) is 0 Å². The first-order valence-electron chi connectivity index (χ1n) is 4.96. The molecule has 0 saturated heterocycles. The lowest BCUT2D eigenvalue weighted by atomic mass is 10.2. The van der Waals surface area contributed by atoms with Crippen LogP contribution in [0.1, 0.15) is 27.7 Å². The quantitative estimate of drug-likeness (QED) is 0.819. The topological polar surface area (TPSA) is 89.1 Å². The summed E-state index contributed by atoms with van der Waals surface area (Å²) in [5.41, 5.74) is -0.549. The third kappa shape index (κ3) is 4.16. The Bertz CT molecular complexity index is 356. The number of aromatic amines is 1. The number of ether oxygens (including phenoxy) is 2. The largest absolute Gasteiger partial charge is 0.463 e. The van der Waals surface area contributed by atoms with E-state index < -0.39 is 11.7 Å². The van der Waals surface area contributed by atoms with E-state index in [1.54, 1.807) is 20.8 Å². The molecule has 90 valence electrons. The lowest BCUT2D eigenvalue weighted by molar-refractivity contribution is 0.0634. The highest BCUT2D eigenvalue weighted by Crippen LogP contribution is 2.10. The van der Waals surface area contributed by atoms with Gasteiger partial charge in [0, 0.05) is 0 Å². The van der Waals surface area contributed by atoms with Gasteiger partial charge in [0.05, 0.1) is 6.61 Å². The van der Waals surface area contributed by atoms with Crippen LogP contribution in [0.5, 0.6) is 6.01 Å². The van der Waals surface area contributed by atoms with Crippen molar-refractivity contribution in [3.8, 4) is 6.01 Å². The number of hydrogen-bond acceptors (Lipinski definition) is 5. The maximum atomic E-state index is 11.3. The number of carbonyl (C=O) groups excluding carboxylic acids is 1. The number of amides is 1. The minimum Gasteiger partial charge on any atom is -0.463 e. The fourth-order valence-corrected chi connectivity index (χ4v) is 0.896. The zero-order chi connectivity index (χ0) is 12.2. The Balaban J connectivity index is 2.50. The van der Waals surface area contributed by atoms with Crippen molar-refractivity contribution in [1.82, 2.24) is 15.2 Å². The molecule has 0 aliphatic rings. The van der Waals surface area contributed by atoms with E-state index in [9.17, 15) is 4.79 Å². The minimum absolute atomic E-state index is 0.188. The van der Waals surface area contributed by atoms with Gasteiger partial charge in [0.1, 0.15) is 5.60 Å². The zero-order valence-corrected chi connectivity index (χ0v) is 9.83. The van der Waals surface area contributed by atoms with Crippen molar-refractivity contribution >= 4 is 12.0 Å². The maximum Gasteiger partial charge on any atom is 0.414 e. The highest BCUT2D eigenvalue weighted by Gasteiger charge is 2.17. The third-order valence-corrected chi connectivity index (χ3v) is 1.36. The summed E-state index contributed by atoms with van der Waals surface area (Å²) in [5, 5.41) is 8.64. The van der Waals surface area contributed by atoms with E-state index >= 15 is 0 Å². The highest BCUT2D eigenvalue weighted by atomic mass is 16.6. The fourth-order valence-electron chi connectivity index (χ4n) is 0.896. The minimum atomic E-state index is -0.591. The molecule has 1 rings (SSSR count). The molecule has 0 spiro atoms. The fraction of sp³-hybridized carbons (Fsp3) is 0.667. The molecule has 0 aliphatic heterocycles. The average molecular weight is 228 g/mol. The molecular formula is C9H16N4O3. The zero-order valence-electron chi connectivity index (χ0n) is 9.83. The molecule has 1 heterocycles. The van der Waals surface area contributed by atoms with Crippen LogP contribution in [0.15, 0.2) is 0 Å². The van der Waals surface area contributed by atoms with Gasteiger partial charge in [-0.25, -0.2) is 9.89 Å². The molecule has 7 nitrogen and oxygen atoms in total. The van der Waals surface area contributed by atoms with E-state index in [-0.39, 0.29) is 12.0 Å². The molecular weight excluding hydrogens is 212 g/mol. The molecule has 16 heavy (non-hydrogen) atoms. The molecule has 0 bridgehead atoms. The SMILES string of the molecule is CCOc1n[nH]c(NC(=O)OC(C)(C)C)n1. The summed E-state index contributed by atoms with van der Waals surface area (Å²) < 4.78 is 10.1. The number of nitrogens with zero attached hydrogens (tertiary/aromatic N) is 2. The van der Waals surface area contributed by atoms with Gasteiger partial charge >= 0.3 is 12.1 Å². The maximum absolute atomic E-state index is 11.3. The molecule has 2 N–H and O–H groups in total. The van der Waals surface area contributed by atoms with Crippen LogP contribution >= 0.6 is 0 Å². The second kappa shape index (κ2) is 4.82. The number of H-pyrrole nitrogens is 1. The number of rotatable bonds is 3. The first kappa shape index (κ1) is 12.3. The Morgan fingerprint density at radius 3 is 2.75 bits per heavy atom. The van der Waals surface area contributed by atoms with Gasteiger partial charge in [-0.15, -0.1) is 5.10 Å². The first-order chi connectivity index (χ1) is 7.40. The van der Waals surface area contributed by atoms with Crippen molar-refractivity contribution in [3.63, 3.8) is 0 Å². The molecule has 1 aromatic rings. The molecule has 0 fully saturated rings. The van der Waals surface area contributed by atoms with E-state index in [4.69, 9.17) is 9.47 Å². The van der Waals surface area contributed by atoms with Crippen molar-refractivity contribution in [2.75, 3.05) is 11.9 Å². The molecule has 0 unspecified atom stereocenters. The summed E-state index contributed by atoms with van der Waals surface area (Å²) in [6, 6.07) is 0.188. The van der Waals surface area contributed by atoms with Crippen LogP contribution in [0.3, 0.4) is 0 Å². The van der Waals surface area contributed by atoms with Gasteiger partial charge in [0.25, 0.3) is 0 Å². The molecule has 0 aromatic carbocycles. The molecule has 1 amide bonds. The summed E-state index contributed by atoms with van der Waals surface area (Å²) in [6.45, 7) is 7.61. The third-order valence-electron chi connectivity index (χ3n) is 1.36. The molecule has 0 saturated carbocycles. The Kier molecular flexibility index (Phi) is 3.70. The van der Waals surface area contributed by atoms with Crippen molar-refractivity contribution in [3.05, 3.63) is 0 Å². The van der Waals surface area contributed by atoms with E-state index in [0.717, 1.165) is 0 Å². The summed E-state index contributed by atoms with van der Waals surface area (Å²) >= 11 is 0. The van der Waals surface area contributed by atoms with Gasteiger partial charge < -0.3 is 9.47 Å². The van der Waals surface area contributed by atoms with Crippen molar-refractivity contribution in [2.45, 2.75) is 33.3 Å². The normalized spacial score (nSPS) is 11.0. The average Bonchev–Trinajstić information content (AvgIpc) is 2.49. The Morgan fingerprint density at radius 1 is 1.50 bits per heavy atom.